The molecule has 3 nitrogen and oxygen atoms in total. The van der Waals surface area contributed by atoms with E-state index in [1.807, 2.05) is 19.1 Å². The molecular weight excluding hydrogens is 90.1 g/mol. The fourth-order valence-corrected chi connectivity index (χ4v) is 0.675. The third kappa shape index (κ3) is 0.627. The highest BCUT2D eigenvalue weighted by molar-refractivity contribution is 4.71. The molecule has 0 aromatic rings. The number of likely N-dealkylation sites (N-methyl/N-ethyl adjacent to an activating group) is 2. The van der Waals surface area contributed by atoms with Crippen molar-refractivity contribution in [1.82, 2.24) is 10.0 Å². The van der Waals surface area contributed by atoms with Crippen molar-refractivity contribution in [3.63, 3.8) is 0 Å². The Morgan fingerprint density at radius 3 is 2.14 bits per heavy atom. The molecule has 0 radical (unpaired) electrons. The van der Waals surface area contributed by atoms with Gasteiger partial charge in [0, 0.05) is 20.6 Å². The second-order valence-electron chi connectivity index (χ2n) is 1.98. The van der Waals surface area contributed by atoms with Crippen LogP contribution in [0.3, 0.4) is 0 Å². The maximum absolute atomic E-state index is 5.50. The lowest BCUT2D eigenvalue weighted by Gasteiger charge is -2.44. The van der Waals surface area contributed by atoms with E-state index in [1.165, 1.54) is 0 Å². The van der Waals surface area contributed by atoms with Crippen LogP contribution < -0.4 is 5.73 Å². The molecule has 0 aliphatic carbocycles. The first kappa shape index (κ1) is 5.03. The van der Waals surface area contributed by atoms with E-state index in [4.69, 9.17) is 5.73 Å². The predicted octanol–water partition coefficient (Wildman–Crippen LogP) is -0.937. The maximum Gasteiger partial charge on any atom is 0.0849 e. The Morgan fingerprint density at radius 2 is 2.14 bits per heavy atom. The Balaban J connectivity index is 2.29. The van der Waals surface area contributed by atoms with Crippen molar-refractivity contribution in [2.24, 2.45) is 5.73 Å². The molecule has 1 heterocycles. The molecule has 1 aliphatic rings. The first-order chi connectivity index (χ1) is 3.22. The van der Waals surface area contributed by atoms with Crippen LogP contribution in [-0.4, -0.2) is 36.8 Å². The van der Waals surface area contributed by atoms with Gasteiger partial charge in [-0.3, -0.25) is 0 Å². The Morgan fingerprint density at radius 1 is 1.57 bits per heavy atom. The van der Waals surface area contributed by atoms with Gasteiger partial charge in [-0.2, -0.15) is 0 Å². The Labute approximate surface area is 43.7 Å². The normalized spacial score (nSPS) is 35.6. The van der Waals surface area contributed by atoms with Crippen molar-refractivity contribution in [1.29, 1.82) is 0 Å². The molecule has 42 valence electrons. The lowest BCUT2D eigenvalue weighted by atomic mass is 10.4. The molecule has 7 heavy (non-hydrogen) atoms. The van der Waals surface area contributed by atoms with Crippen molar-refractivity contribution in [2.75, 3.05) is 20.6 Å². The lowest BCUT2D eigenvalue weighted by Crippen LogP contribution is -2.64. The molecule has 3 heteroatoms. The van der Waals surface area contributed by atoms with Crippen molar-refractivity contribution >= 4 is 0 Å². The highest BCUT2D eigenvalue weighted by atomic mass is 15.7. The summed E-state index contributed by atoms with van der Waals surface area (Å²) in [5, 5.41) is 4.07. The molecule has 2 N–H and O–H groups in total. The SMILES string of the molecule is CN1CC(N)N1C. The summed E-state index contributed by atoms with van der Waals surface area (Å²) in [5.41, 5.74) is 5.50. The van der Waals surface area contributed by atoms with E-state index in [1.54, 1.807) is 0 Å². The van der Waals surface area contributed by atoms with Crippen molar-refractivity contribution in [3.05, 3.63) is 0 Å². The summed E-state index contributed by atoms with van der Waals surface area (Å²) in [6, 6.07) is 0. The Hall–Kier alpha value is -0.120. The van der Waals surface area contributed by atoms with Crippen LogP contribution in [0, 0.1) is 0 Å². The van der Waals surface area contributed by atoms with Crippen LogP contribution in [0.4, 0.5) is 0 Å². The van der Waals surface area contributed by atoms with E-state index in [-0.39, 0.29) is 6.17 Å². The van der Waals surface area contributed by atoms with Gasteiger partial charge in [-0.25, -0.2) is 10.0 Å². The molecule has 1 saturated heterocycles. The van der Waals surface area contributed by atoms with Gasteiger partial charge in [-0.1, -0.05) is 0 Å². The van der Waals surface area contributed by atoms with Crippen molar-refractivity contribution in [3.8, 4) is 0 Å². The van der Waals surface area contributed by atoms with E-state index in [0.29, 0.717) is 0 Å². The van der Waals surface area contributed by atoms with Crippen LogP contribution in [0.2, 0.25) is 0 Å². The fraction of sp³-hybridized carbons (Fsp3) is 1.00. The molecule has 1 fully saturated rings. The minimum absolute atomic E-state index is 0.269. The molecule has 0 bridgehead atoms. The molecule has 1 aliphatic heterocycles. The maximum atomic E-state index is 5.50. The fourth-order valence-electron chi connectivity index (χ4n) is 0.675. The van der Waals surface area contributed by atoms with Gasteiger partial charge in [0.05, 0.1) is 6.17 Å². The number of rotatable bonds is 0. The smallest absolute Gasteiger partial charge is 0.0849 e. The van der Waals surface area contributed by atoms with Gasteiger partial charge in [-0.05, 0) is 0 Å². The highest BCUT2D eigenvalue weighted by Gasteiger charge is 2.25. The largest absolute Gasteiger partial charge is 0.314 e. The van der Waals surface area contributed by atoms with Gasteiger partial charge >= 0.3 is 0 Å². The number of hydrogen-bond acceptors (Lipinski definition) is 3. The second kappa shape index (κ2) is 1.43. The minimum atomic E-state index is 0.269. The van der Waals surface area contributed by atoms with Crippen LogP contribution in [-0.2, 0) is 0 Å². The van der Waals surface area contributed by atoms with Crippen LogP contribution in [0.1, 0.15) is 0 Å². The van der Waals surface area contributed by atoms with Gasteiger partial charge in [0.1, 0.15) is 0 Å². The first-order valence-corrected chi connectivity index (χ1v) is 2.41. The zero-order valence-corrected chi connectivity index (χ0v) is 4.76. The van der Waals surface area contributed by atoms with E-state index >= 15 is 0 Å². The van der Waals surface area contributed by atoms with Crippen molar-refractivity contribution in [2.45, 2.75) is 6.17 Å². The highest BCUT2D eigenvalue weighted by Crippen LogP contribution is 2.05. The third-order valence-corrected chi connectivity index (χ3v) is 1.47. The van der Waals surface area contributed by atoms with Gasteiger partial charge in [0.2, 0.25) is 0 Å². The molecule has 0 aromatic carbocycles. The topological polar surface area (TPSA) is 32.5 Å². The van der Waals surface area contributed by atoms with E-state index in [0.717, 1.165) is 6.54 Å². The zero-order valence-electron chi connectivity index (χ0n) is 4.76. The van der Waals surface area contributed by atoms with Crippen LogP contribution in [0.5, 0.6) is 0 Å². The number of hydrazine groups is 1. The molecule has 1 unspecified atom stereocenters. The molecule has 1 atom stereocenters. The lowest BCUT2D eigenvalue weighted by molar-refractivity contribution is -0.119. The standard InChI is InChI=1S/C4H11N3/c1-6-3-4(5)7(6)2/h4H,3,5H2,1-2H3. The van der Waals surface area contributed by atoms with Gasteiger partial charge in [0.25, 0.3) is 0 Å². The van der Waals surface area contributed by atoms with E-state index in [2.05, 4.69) is 5.01 Å². The summed E-state index contributed by atoms with van der Waals surface area (Å²) < 4.78 is 0. The summed E-state index contributed by atoms with van der Waals surface area (Å²) in [6.45, 7) is 0.997. The average Bonchev–Trinajstić information content (AvgIpc) is 1.68. The van der Waals surface area contributed by atoms with Crippen LogP contribution >= 0.6 is 0 Å². The first-order valence-electron chi connectivity index (χ1n) is 2.41. The van der Waals surface area contributed by atoms with E-state index in [9.17, 15) is 0 Å². The number of hydrogen-bond donors (Lipinski definition) is 1. The Kier molecular flexibility index (Phi) is 1.03. The minimum Gasteiger partial charge on any atom is -0.314 e. The molecule has 0 amide bonds. The second-order valence-corrected chi connectivity index (χ2v) is 1.98. The quantitative estimate of drug-likeness (QED) is 0.427. The summed E-state index contributed by atoms with van der Waals surface area (Å²) in [5.74, 6) is 0. The predicted molar refractivity (Wildman–Crippen MR) is 28.4 cm³/mol. The number of nitrogens with zero attached hydrogens (tertiary/aromatic N) is 2. The summed E-state index contributed by atoms with van der Waals surface area (Å²) in [4.78, 5) is 0. The third-order valence-electron chi connectivity index (χ3n) is 1.47. The molecule has 0 saturated carbocycles. The molecule has 0 aromatic heterocycles. The van der Waals surface area contributed by atoms with Gasteiger partial charge < -0.3 is 5.73 Å². The van der Waals surface area contributed by atoms with Gasteiger partial charge in [0.15, 0.2) is 0 Å². The Bertz CT molecular complexity index is 65.3. The van der Waals surface area contributed by atoms with Crippen LogP contribution in [0.25, 0.3) is 0 Å². The molecular formula is C4H11N3. The van der Waals surface area contributed by atoms with Gasteiger partial charge in [-0.15, -0.1) is 0 Å². The average molecular weight is 101 g/mol. The zero-order chi connectivity index (χ0) is 5.44. The monoisotopic (exact) mass is 101 g/mol. The van der Waals surface area contributed by atoms with Crippen molar-refractivity contribution < 1.29 is 0 Å². The van der Waals surface area contributed by atoms with E-state index < -0.39 is 0 Å². The molecule has 0 spiro atoms. The summed E-state index contributed by atoms with van der Waals surface area (Å²) in [6.07, 6.45) is 0.269. The molecule has 1 rings (SSSR count). The summed E-state index contributed by atoms with van der Waals surface area (Å²) in [7, 11) is 4.00. The van der Waals surface area contributed by atoms with Crippen LogP contribution in [0.15, 0.2) is 0 Å². The number of nitrogens with two attached hydrogens (primary N) is 1. The summed E-state index contributed by atoms with van der Waals surface area (Å²) >= 11 is 0.